The molecule has 0 amide bonds. The molecule has 5 heteroatoms. The fourth-order valence-electron chi connectivity index (χ4n) is 3.55. The minimum atomic E-state index is -0.0460. The van der Waals surface area contributed by atoms with Crippen LogP contribution < -0.4 is 5.43 Å². The van der Waals surface area contributed by atoms with Crippen LogP contribution in [0.25, 0.3) is 44.5 Å². The van der Waals surface area contributed by atoms with Gasteiger partial charge in [0.1, 0.15) is 5.65 Å². The van der Waals surface area contributed by atoms with E-state index >= 15 is 0 Å². The van der Waals surface area contributed by atoms with Crippen molar-refractivity contribution in [3.63, 3.8) is 0 Å². The van der Waals surface area contributed by atoms with Crippen molar-refractivity contribution in [3.8, 4) is 22.5 Å². The van der Waals surface area contributed by atoms with E-state index in [2.05, 4.69) is 34.0 Å². The third-order valence-corrected chi connectivity index (χ3v) is 5.19. The Hall–Kier alpha value is -3.73. The van der Waals surface area contributed by atoms with Gasteiger partial charge in [-0.2, -0.15) is 0 Å². The molecule has 0 bridgehead atoms. The molecule has 2 N–H and O–H groups in total. The third-order valence-electron chi connectivity index (χ3n) is 5.19. The van der Waals surface area contributed by atoms with E-state index in [1.807, 2.05) is 37.3 Å². The molecule has 4 heterocycles. The molecule has 0 aliphatic rings. The van der Waals surface area contributed by atoms with Gasteiger partial charge in [0.15, 0.2) is 5.43 Å². The van der Waals surface area contributed by atoms with Crippen molar-refractivity contribution in [3.05, 3.63) is 82.4 Å². The van der Waals surface area contributed by atoms with E-state index in [1.54, 1.807) is 12.4 Å². The van der Waals surface area contributed by atoms with Gasteiger partial charge >= 0.3 is 0 Å². The first-order chi connectivity index (χ1) is 13.6. The van der Waals surface area contributed by atoms with Crippen molar-refractivity contribution in [1.82, 2.24) is 19.9 Å². The lowest BCUT2D eigenvalue weighted by atomic mass is 9.99. The fourth-order valence-corrected chi connectivity index (χ4v) is 3.55. The molecule has 0 aliphatic carbocycles. The van der Waals surface area contributed by atoms with Gasteiger partial charge in [-0.25, -0.2) is 4.98 Å². The Labute approximate surface area is 161 Å². The van der Waals surface area contributed by atoms with Gasteiger partial charge in [0.05, 0.1) is 22.3 Å². The molecule has 4 aromatic heterocycles. The summed E-state index contributed by atoms with van der Waals surface area (Å²) in [5, 5.41) is 1.62. The predicted octanol–water partition coefficient (Wildman–Crippen LogP) is 4.75. The summed E-state index contributed by atoms with van der Waals surface area (Å²) >= 11 is 0. The number of hydrogen-bond donors (Lipinski definition) is 2. The summed E-state index contributed by atoms with van der Waals surface area (Å²) in [6, 6.07) is 15.6. The summed E-state index contributed by atoms with van der Waals surface area (Å²) in [7, 11) is 0. The Morgan fingerprint density at radius 2 is 1.89 bits per heavy atom. The van der Waals surface area contributed by atoms with Crippen molar-refractivity contribution in [2.75, 3.05) is 0 Å². The van der Waals surface area contributed by atoms with Crippen LogP contribution in [-0.4, -0.2) is 19.9 Å². The molecule has 5 rings (SSSR count). The lowest BCUT2D eigenvalue weighted by Gasteiger charge is -2.11. The average molecular weight is 366 g/mol. The number of aromatic nitrogens is 4. The number of pyridine rings is 3. The van der Waals surface area contributed by atoms with Crippen molar-refractivity contribution in [1.29, 1.82) is 0 Å². The third kappa shape index (κ3) is 2.60. The molecular formula is C23H18N4O. The fraction of sp³-hybridized carbons (Fsp3) is 0.0870. The Bertz CT molecular complexity index is 1390. The zero-order chi connectivity index (χ0) is 19.3. The lowest BCUT2D eigenvalue weighted by Crippen LogP contribution is -2.03. The molecule has 0 saturated heterocycles. The number of aryl methyl sites for hydroxylation is 2. The number of hydrogen-bond acceptors (Lipinski definition) is 3. The van der Waals surface area contributed by atoms with Gasteiger partial charge < -0.3 is 9.97 Å². The van der Waals surface area contributed by atoms with E-state index in [4.69, 9.17) is 4.98 Å². The number of nitrogens with zero attached hydrogens (tertiary/aromatic N) is 2. The normalized spacial score (nSPS) is 11.4. The smallest absolute Gasteiger partial charge is 0.191 e. The largest absolute Gasteiger partial charge is 0.357 e. The summed E-state index contributed by atoms with van der Waals surface area (Å²) in [4.78, 5) is 28.1. The first kappa shape index (κ1) is 16.4. The van der Waals surface area contributed by atoms with Crippen LogP contribution in [0.5, 0.6) is 0 Å². The van der Waals surface area contributed by atoms with Gasteiger partial charge in [0.25, 0.3) is 0 Å². The molecule has 0 unspecified atom stereocenters. The van der Waals surface area contributed by atoms with E-state index in [1.165, 1.54) is 11.6 Å². The molecule has 0 atom stereocenters. The van der Waals surface area contributed by atoms with Gasteiger partial charge in [0.2, 0.25) is 0 Å². The Kier molecular flexibility index (Phi) is 3.62. The highest BCUT2D eigenvalue weighted by Crippen LogP contribution is 2.34. The standard InChI is InChI=1S/C23H18N4O/c1-13-10-20(26-14(13)2)22-17(12-18-21(28)7-9-25-23(18)27-22)15-5-6-19-16(11-15)4-3-8-24-19/h3-12,26H,1-2H3,(H,25,27,28). The van der Waals surface area contributed by atoms with Crippen molar-refractivity contribution >= 4 is 21.9 Å². The quantitative estimate of drug-likeness (QED) is 0.473. The Morgan fingerprint density at radius 3 is 2.71 bits per heavy atom. The highest BCUT2D eigenvalue weighted by atomic mass is 16.1. The number of fused-ring (bicyclic) bond motifs is 2. The second kappa shape index (κ2) is 6.16. The van der Waals surface area contributed by atoms with Gasteiger partial charge in [-0.05, 0) is 55.3 Å². The molecule has 0 aliphatic heterocycles. The van der Waals surface area contributed by atoms with Gasteiger partial charge in [-0.3, -0.25) is 9.78 Å². The minimum absolute atomic E-state index is 0.0460. The zero-order valence-corrected chi connectivity index (χ0v) is 15.6. The van der Waals surface area contributed by atoms with Crippen LogP contribution in [0.2, 0.25) is 0 Å². The zero-order valence-electron chi connectivity index (χ0n) is 15.6. The molecule has 1 aromatic carbocycles. The lowest BCUT2D eigenvalue weighted by molar-refractivity contribution is 1.21. The van der Waals surface area contributed by atoms with E-state index in [0.29, 0.717) is 11.0 Å². The van der Waals surface area contributed by atoms with Crippen molar-refractivity contribution in [2.45, 2.75) is 13.8 Å². The van der Waals surface area contributed by atoms with Crippen LogP contribution in [0.4, 0.5) is 0 Å². The van der Waals surface area contributed by atoms with E-state index in [9.17, 15) is 4.79 Å². The maximum atomic E-state index is 12.4. The first-order valence-electron chi connectivity index (χ1n) is 9.14. The molecule has 5 aromatic rings. The summed E-state index contributed by atoms with van der Waals surface area (Å²) in [5.74, 6) is 0. The number of aromatic amines is 2. The second-order valence-corrected chi connectivity index (χ2v) is 7.02. The number of benzene rings is 1. The summed E-state index contributed by atoms with van der Waals surface area (Å²) in [6.07, 6.45) is 3.42. The minimum Gasteiger partial charge on any atom is -0.357 e. The summed E-state index contributed by atoms with van der Waals surface area (Å²) in [6.45, 7) is 4.11. The Balaban J connectivity index is 1.85. The maximum Gasteiger partial charge on any atom is 0.191 e. The number of H-pyrrole nitrogens is 2. The van der Waals surface area contributed by atoms with Crippen LogP contribution in [0.3, 0.4) is 0 Å². The van der Waals surface area contributed by atoms with Gasteiger partial charge in [-0.15, -0.1) is 0 Å². The van der Waals surface area contributed by atoms with Crippen LogP contribution in [0, 0.1) is 13.8 Å². The van der Waals surface area contributed by atoms with E-state index in [-0.39, 0.29) is 5.43 Å². The molecule has 0 spiro atoms. The molecule has 5 nitrogen and oxygen atoms in total. The second-order valence-electron chi connectivity index (χ2n) is 7.02. The monoisotopic (exact) mass is 366 g/mol. The average Bonchev–Trinajstić information content (AvgIpc) is 3.05. The highest BCUT2D eigenvalue weighted by molar-refractivity contribution is 5.92. The molecule has 0 radical (unpaired) electrons. The van der Waals surface area contributed by atoms with Crippen LogP contribution in [-0.2, 0) is 0 Å². The SMILES string of the molecule is Cc1cc(-c2nc3[nH]ccc(=O)c3cc2-c2ccc3ncccc3c2)[nH]c1C. The summed E-state index contributed by atoms with van der Waals surface area (Å²) < 4.78 is 0. The highest BCUT2D eigenvalue weighted by Gasteiger charge is 2.15. The molecule has 0 fully saturated rings. The number of nitrogens with one attached hydrogen (secondary N) is 2. The first-order valence-corrected chi connectivity index (χ1v) is 9.14. The molecule has 136 valence electrons. The summed E-state index contributed by atoms with van der Waals surface area (Å²) in [5.41, 5.74) is 7.41. The topological polar surface area (TPSA) is 74.4 Å². The van der Waals surface area contributed by atoms with Crippen LogP contribution in [0.15, 0.2) is 65.7 Å². The molecular weight excluding hydrogens is 348 g/mol. The van der Waals surface area contributed by atoms with Crippen molar-refractivity contribution < 1.29 is 0 Å². The van der Waals surface area contributed by atoms with Gasteiger partial charge in [-0.1, -0.05) is 12.1 Å². The van der Waals surface area contributed by atoms with Gasteiger partial charge in [0, 0.05) is 35.1 Å². The molecule has 28 heavy (non-hydrogen) atoms. The van der Waals surface area contributed by atoms with E-state index in [0.717, 1.165) is 39.1 Å². The van der Waals surface area contributed by atoms with E-state index < -0.39 is 0 Å². The maximum absolute atomic E-state index is 12.4. The van der Waals surface area contributed by atoms with Crippen LogP contribution in [0.1, 0.15) is 11.3 Å². The molecule has 0 saturated carbocycles. The number of rotatable bonds is 2. The Morgan fingerprint density at radius 1 is 1.00 bits per heavy atom. The van der Waals surface area contributed by atoms with Crippen molar-refractivity contribution in [2.24, 2.45) is 0 Å². The predicted molar refractivity (Wildman–Crippen MR) is 112 cm³/mol. The van der Waals surface area contributed by atoms with Crippen LogP contribution >= 0.6 is 0 Å².